The lowest BCUT2D eigenvalue weighted by Gasteiger charge is -2.26. The molecule has 1 nitrogen and oxygen atoms in total. The molecule has 0 spiro atoms. The van der Waals surface area contributed by atoms with Crippen LogP contribution in [0.5, 0.6) is 0 Å². The fraction of sp³-hybridized carbons (Fsp3) is 0. The molecule has 8 aromatic rings. The Kier molecular flexibility index (Phi) is 6.50. The Bertz CT molecular complexity index is 2480. The molecule has 0 atom stereocenters. The number of para-hydroxylation sites is 1. The summed E-state index contributed by atoms with van der Waals surface area (Å²) in [7, 11) is 0. The van der Waals surface area contributed by atoms with E-state index in [0.29, 0.717) is 5.56 Å². The minimum absolute atomic E-state index is 0.0867. The fourth-order valence-electron chi connectivity index (χ4n) is 6.18. The highest BCUT2D eigenvalue weighted by Gasteiger charge is 2.14. The highest BCUT2D eigenvalue weighted by atomic mass is 15.1. The largest absolute Gasteiger partial charge is 0.311 e. The predicted octanol–water partition coefficient (Wildman–Crippen LogP) is 13.0. The second-order valence-corrected chi connectivity index (χ2v) is 11.5. The van der Waals surface area contributed by atoms with Crippen LogP contribution >= 0.6 is 0 Å². The van der Waals surface area contributed by atoms with Gasteiger partial charge < -0.3 is 4.90 Å². The van der Waals surface area contributed by atoms with Crippen LogP contribution in [0.15, 0.2) is 200 Å². The van der Waals surface area contributed by atoms with E-state index in [4.69, 9.17) is 0 Å². The van der Waals surface area contributed by atoms with Crippen LogP contribution in [0.2, 0.25) is 0 Å². The lowest BCUT2D eigenvalue weighted by atomic mass is 9.95. The van der Waals surface area contributed by atoms with E-state index in [-0.39, 0.29) is 35.4 Å². The zero-order chi connectivity index (χ0) is 34.9. The molecule has 0 unspecified atom stereocenters. The quantitative estimate of drug-likeness (QED) is 0.175. The maximum absolute atomic E-state index is 9.33. The summed E-state index contributed by atoms with van der Waals surface area (Å²) in [6.45, 7) is 0. The molecule has 0 radical (unpaired) electrons. The zero-order valence-corrected chi connectivity index (χ0v) is 25.7. The van der Waals surface area contributed by atoms with Crippen LogP contribution in [0.4, 0.5) is 17.1 Å². The van der Waals surface area contributed by atoms with Gasteiger partial charge in [-0.2, -0.15) is 0 Å². The molecule has 1 heteroatoms. The van der Waals surface area contributed by atoms with Crippen molar-refractivity contribution in [3.8, 4) is 44.5 Å². The second-order valence-electron chi connectivity index (χ2n) is 11.5. The van der Waals surface area contributed by atoms with Crippen molar-refractivity contribution in [2.75, 3.05) is 4.90 Å². The predicted molar refractivity (Wildman–Crippen MR) is 200 cm³/mol. The van der Waals surface area contributed by atoms with Crippen LogP contribution < -0.4 is 4.90 Å². The lowest BCUT2D eigenvalue weighted by molar-refractivity contribution is 1.28. The van der Waals surface area contributed by atoms with Crippen molar-refractivity contribution >= 4 is 27.8 Å². The van der Waals surface area contributed by atoms with Gasteiger partial charge in [0.2, 0.25) is 0 Å². The van der Waals surface area contributed by atoms with Gasteiger partial charge in [0, 0.05) is 17.1 Å². The van der Waals surface area contributed by atoms with Crippen molar-refractivity contribution in [2.24, 2.45) is 0 Å². The average Bonchev–Trinajstić information content (AvgIpc) is 3.19. The molecule has 0 saturated carbocycles. The van der Waals surface area contributed by atoms with Gasteiger partial charge in [0.25, 0.3) is 0 Å². The fourth-order valence-corrected chi connectivity index (χ4v) is 6.18. The first-order valence-corrected chi connectivity index (χ1v) is 15.8. The second kappa shape index (κ2) is 12.7. The van der Waals surface area contributed by atoms with Crippen LogP contribution in [0.3, 0.4) is 0 Å². The van der Waals surface area contributed by atoms with E-state index in [1.165, 1.54) is 0 Å². The normalized spacial score (nSPS) is 12.2. The van der Waals surface area contributed by atoms with Gasteiger partial charge in [-0.15, -0.1) is 0 Å². The van der Waals surface area contributed by atoms with E-state index in [0.717, 1.165) is 55.5 Å². The Hall–Kier alpha value is -6.18. The number of hydrogen-bond donors (Lipinski definition) is 0. The molecule has 8 rings (SSSR count). The molecule has 47 heavy (non-hydrogen) atoms. The molecule has 0 heterocycles. The van der Waals surface area contributed by atoms with Crippen molar-refractivity contribution < 1.29 is 5.48 Å². The number of nitrogens with zero attached hydrogens (tertiary/aromatic N) is 1. The molecular formula is C46H33N. The summed E-state index contributed by atoms with van der Waals surface area (Å²) in [6.07, 6.45) is 0. The topological polar surface area (TPSA) is 3.24 Å². The highest BCUT2D eigenvalue weighted by Crippen LogP contribution is 2.38. The van der Waals surface area contributed by atoms with E-state index in [9.17, 15) is 5.48 Å². The van der Waals surface area contributed by atoms with Gasteiger partial charge >= 0.3 is 0 Å². The Morgan fingerprint density at radius 2 is 0.809 bits per heavy atom. The van der Waals surface area contributed by atoms with Gasteiger partial charge in [-0.05, 0) is 104 Å². The SMILES string of the molecule is [2H]c1c([2H])c(N(c2ccccc2)c2ccc(-c3cccc(-c4ccccc4)c3)cc2)c([2H])c([2H])c1-c1cccc(-c2cccc3ccccc23)c1. The number of hydrogen-bond acceptors (Lipinski definition) is 1. The van der Waals surface area contributed by atoms with Crippen LogP contribution in [0.25, 0.3) is 55.3 Å². The summed E-state index contributed by atoms with van der Waals surface area (Å²) >= 11 is 0. The minimum atomic E-state index is -0.106. The summed E-state index contributed by atoms with van der Waals surface area (Å²) < 4.78 is 37.2. The van der Waals surface area contributed by atoms with Gasteiger partial charge in [-0.1, -0.05) is 152 Å². The minimum Gasteiger partial charge on any atom is -0.311 e. The number of anilines is 3. The molecule has 0 aromatic heterocycles. The average molecular weight is 604 g/mol. The van der Waals surface area contributed by atoms with Crippen molar-refractivity contribution in [3.63, 3.8) is 0 Å². The third-order valence-corrected chi connectivity index (χ3v) is 8.53. The van der Waals surface area contributed by atoms with Gasteiger partial charge in [0.1, 0.15) is 0 Å². The third kappa shape index (κ3) is 5.83. The van der Waals surface area contributed by atoms with Crippen LogP contribution in [0.1, 0.15) is 5.48 Å². The number of rotatable bonds is 7. The molecule has 0 N–H and O–H groups in total. The first-order valence-electron chi connectivity index (χ1n) is 17.8. The van der Waals surface area contributed by atoms with E-state index in [1.54, 1.807) is 0 Å². The summed E-state index contributed by atoms with van der Waals surface area (Å²) in [5.74, 6) is 0. The third-order valence-electron chi connectivity index (χ3n) is 8.53. The first-order chi connectivity index (χ1) is 25.0. The van der Waals surface area contributed by atoms with Crippen molar-refractivity contribution in [2.45, 2.75) is 0 Å². The highest BCUT2D eigenvalue weighted by molar-refractivity contribution is 5.97. The Morgan fingerprint density at radius 1 is 0.319 bits per heavy atom. The smallest absolute Gasteiger partial charge is 0.0645 e. The summed E-state index contributed by atoms with van der Waals surface area (Å²) in [5, 5.41) is 2.24. The summed E-state index contributed by atoms with van der Waals surface area (Å²) in [4.78, 5) is 1.82. The number of fused-ring (bicyclic) bond motifs is 1. The molecule has 8 aromatic carbocycles. The molecule has 0 fully saturated rings. The molecule has 0 bridgehead atoms. The molecule has 0 aliphatic heterocycles. The summed E-state index contributed by atoms with van der Waals surface area (Å²) in [5.41, 5.74) is 8.97. The zero-order valence-electron chi connectivity index (χ0n) is 29.7. The van der Waals surface area contributed by atoms with E-state index in [2.05, 4.69) is 60.7 Å². The van der Waals surface area contributed by atoms with E-state index < -0.39 is 0 Å². The Morgan fingerprint density at radius 3 is 1.53 bits per heavy atom. The van der Waals surface area contributed by atoms with Gasteiger partial charge in [0.05, 0.1) is 5.48 Å². The van der Waals surface area contributed by atoms with Crippen LogP contribution in [-0.2, 0) is 0 Å². The molecule has 0 aliphatic rings. The van der Waals surface area contributed by atoms with Crippen molar-refractivity contribution in [1.82, 2.24) is 0 Å². The summed E-state index contributed by atoms with van der Waals surface area (Å²) in [6, 6.07) is 58.1. The maximum atomic E-state index is 9.33. The van der Waals surface area contributed by atoms with E-state index in [1.807, 2.05) is 120 Å². The maximum Gasteiger partial charge on any atom is 0.0645 e. The standard InChI is InChI=1S/C46H33N/c1-3-12-34(13-4-1)38-16-9-17-39(32-38)35-24-28-43(29-25-35)47(42-20-5-2-6-21-42)44-30-26-36(27-31-44)40-18-10-19-41(33-40)46-23-11-15-37-14-7-8-22-45(37)46/h1-33H/i26D,27D,30D,31D. The van der Waals surface area contributed by atoms with Crippen molar-refractivity contribution in [3.05, 3.63) is 200 Å². The van der Waals surface area contributed by atoms with Gasteiger partial charge in [-0.3, -0.25) is 0 Å². The molecule has 0 saturated heterocycles. The van der Waals surface area contributed by atoms with Gasteiger partial charge in [0.15, 0.2) is 0 Å². The van der Waals surface area contributed by atoms with Crippen LogP contribution in [0, 0.1) is 0 Å². The Balaban J connectivity index is 1.21. The molecular weight excluding hydrogens is 567 g/mol. The number of benzene rings is 8. The Labute approximate surface area is 282 Å². The van der Waals surface area contributed by atoms with Crippen molar-refractivity contribution in [1.29, 1.82) is 0 Å². The lowest BCUT2D eigenvalue weighted by Crippen LogP contribution is -2.09. The van der Waals surface area contributed by atoms with Gasteiger partial charge in [-0.25, -0.2) is 0 Å². The molecule has 0 aliphatic carbocycles. The van der Waals surface area contributed by atoms with E-state index >= 15 is 0 Å². The molecule has 0 amide bonds. The molecule has 222 valence electrons. The van der Waals surface area contributed by atoms with Crippen LogP contribution in [-0.4, -0.2) is 0 Å². The monoisotopic (exact) mass is 603 g/mol. The first kappa shape index (κ1) is 24.1.